The number of halogens is 2. The average molecular weight is 404 g/mol. The van der Waals surface area contributed by atoms with Crippen LogP contribution in [0.4, 0.5) is 8.78 Å². The molecule has 5 nitrogen and oxygen atoms in total. The van der Waals surface area contributed by atoms with E-state index in [0.717, 1.165) is 43.4 Å². The Morgan fingerprint density at radius 1 is 1.10 bits per heavy atom. The highest BCUT2D eigenvalue weighted by Crippen LogP contribution is 2.25. The predicted octanol–water partition coefficient (Wildman–Crippen LogP) is 3.80. The van der Waals surface area contributed by atoms with E-state index in [1.54, 1.807) is 31.4 Å². The molecule has 0 saturated heterocycles. The molecule has 1 fully saturated rings. The molecule has 7 heteroatoms. The summed E-state index contributed by atoms with van der Waals surface area (Å²) in [5.41, 5.74) is 6.55. The first kappa shape index (κ1) is 21.0. The van der Waals surface area contributed by atoms with Crippen molar-refractivity contribution in [2.75, 3.05) is 13.7 Å². The highest BCUT2D eigenvalue weighted by atomic mass is 19.1. The molecule has 1 aliphatic rings. The van der Waals surface area contributed by atoms with Gasteiger partial charge in [-0.3, -0.25) is 4.79 Å². The fourth-order valence-corrected chi connectivity index (χ4v) is 3.44. The number of methoxy groups -OCH3 is 1. The van der Waals surface area contributed by atoms with E-state index < -0.39 is 23.3 Å². The summed E-state index contributed by atoms with van der Waals surface area (Å²) >= 11 is 0. The Morgan fingerprint density at radius 2 is 1.72 bits per heavy atom. The van der Waals surface area contributed by atoms with Gasteiger partial charge in [-0.05, 0) is 61.4 Å². The summed E-state index contributed by atoms with van der Waals surface area (Å²) in [5.74, 6) is -1.80. The highest BCUT2D eigenvalue weighted by Gasteiger charge is 2.21. The maximum absolute atomic E-state index is 14.4. The molecule has 0 aliphatic heterocycles. The van der Waals surface area contributed by atoms with Crippen LogP contribution < -0.4 is 20.5 Å². The SMILES string of the molecule is COc1ccc(COc2c(F)cc(C(=O)NC[C@H]3CC[C@H](N)CC3)cc2F)cc1. The Kier molecular flexibility index (Phi) is 7.04. The molecule has 0 unspecified atom stereocenters. The van der Waals surface area contributed by atoms with Crippen LogP contribution in [-0.4, -0.2) is 25.6 Å². The largest absolute Gasteiger partial charge is 0.497 e. The minimum atomic E-state index is -0.910. The molecule has 3 rings (SSSR count). The molecular weight excluding hydrogens is 378 g/mol. The number of carbonyl (C=O) groups is 1. The molecule has 29 heavy (non-hydrogen) atoms. The molecule has 0 aromatic heterocycles. The zero-order valence-corrected chi connectivity index (χ0v) is 16.4. The molecule has 1 amide bonds. The van der Waals surface area contributed by atoms with Gasteiger partial charge in [-0.2, -0.15) is 0 Å². The van der Waals surface area contributed by atoms with Crippen molar-refractivity contribution in [3.05, 3.63) is 59.2 Å². The monoisotopic (exact) mass is 404 g/mol. The lowest BCUT2D eigenvalue weighted by Crippen LogP contribution is -2.34. The number of ether oxygens (including phenoxy) is 2. The lowest BCUT2D eigenvalue weighted by Gasteiger charge is -2.26. The van der Waals surface area contributed by atoms with Crippen molar-refractivity contribution in [2.24, 2.45) is 11.7 Å². The van der Waals surface area contributed by atoms with Crippen molar-refractivity contribution < 1.29 is 23.0 Å². The van der Waals surface area contributed by atoms with E-state index in [0.29, 0.717) is 18.2 Å². The van der Waals surface area contributed by atoms with Crippen LogP contribution in [0.25, 0.3) is 0 Å². The van der Waals surface area contributed by atoms with Gasteiger partial charge in [0.15, 0.2) is 17.4 Å². The van der Waals surface area contributed by atoms with Gasteiger partial charge in [-0.15, -0.1) is 0 Å². The van der Waals surface area contributed by atoms with Crippen molar-refractivity contribution >= 4 is 5.91 Å². The maximum Gasteiger partial charge on any atom is 0.251 e. The topological polar surface area (TPSA) is 73.6 Å². The molecule has 3 N–H and O–H groups in total. The quantitative estimate of drug-likeness (QED) is 0.736. The molecule has 0 spiro atoms. The first-order chi connectivity index (χ1) is 14.0. The van der Waals surface area contributed by atoms with Gasteiger partial charge in [0.25, 0.3) is 5.91 Å². The number of nitrogens with two attached hydrogens (primary N) is 1. The number of benzene rings is 2. The Morgan fingerprint density at radius 3 is 2.31 bits per heavy atom. The van der Waals surface area contributed by atoms with Crippen LogP contribution in [0.1, 0.15) is 41.6 Å². The van der Waals surface area contributed by atoms with Crippen LogP contribution in [-0.2, 0) is 6.61 Å². The standard InChI is InChI=1S/C22H26F2N2O3/c1-28-18-8-4-15(5-9-18)13-29-21-19(23)10-16(11-20(21)24)22(27)26-12-14-2-6-17(25)7-3-14/h4-5,8-11,14,17H,2-3,6-7,12-13,25H2,1H3,(H,26,27)/t14-,17-. The molecule has 156 valence electrons. The van der Waals surface area contributed by atoms with Crippen molar-refractivity contribution in [3.8, 4) is 11.5 Å². The Labute approximate surface area is 169 Å². The Hall–Kier alpha value is -2.67. The summed E-state index contributed by atoms with van der Waals surface area (Å²) in [6, 6.07) is 9.19. The molecule has 0 heterocycles. The number of carbonyl (C=O) groups excluding carboxylic acids is 1. The molecular formula is C22H26F2N2O3. The van der Waals surface area contributed by atoms with Crippen LogP contribution in [0.3, 0.4) is 0 Å². The Balaban J connectivity index is 1.58. The minimum Gasteiger partial charge on any atom is -0.497 e. The van der Waals surface area contributed by atoms with Crippen LogP contribution >= 0.6 is 0 Å². The number of rotatable bonds is 7. The van der Waals surface area contributed by atoms with E-state index >= 15 is 0 Å². The van der Waals surface area contributed by atoms with Gasteiger partial charge in [-0.25, -0.2) is 8.78 Å². The lowest BCUT2D eigenvalue weighted by atomic mass is 9.86. The van der Waals surface area contributed by atoms with E-state index in [-0.39, 0.29) is 18.2 Å². The van der Waals surface area contributed by atoms with Crippen LogP contribution in [0.2, 0.25) is 0 Å². The third-order valence-electron chi connectivity index (χ3n) is 5.25. The van der Waals surface area contributed by atoms with Gasteiger partial charge < -0.3 is 20.5 Å². The van der Waals surface area contributed by atoms with Crippen molar-refractivity contribution in [1.82, 2.24) is 5.32 Å². The van der Waals surface area contributed by atoms with Gasteiger partial charge in [0, 0.05) is 18.2 Å². The molecule has 2 aromatic carbocycles. The summed E-state index contributed by atoms with van der Waals surface area (Å²) in [4.78, 5) is 12.3. The van der Waals surface area contributed by atoms with Gasteiger partial charge in [0.05, 0.1) is 7.11 Å². The van der Waals surface area contributed by atoms with Gasteiger partial charge in [0.2, 0.25) is 0 Å². The number of hydrogen-bond acceptors (Lipinski definition) is 4. The fraction of sp³-hybridized carbons (Fsp3) is 0.409. The minimum absolute atomic E-state index is 0.00675. The third-order valence-corrected chi connectivity index (χ3v) is 5.25. The van der Waals surface area contributed by atoms with Crippen LogP contribution in [0.15, 0.2) is 36.4 Å². The molecule has 1 saturated carbocycles. The van der Waals surface area contributed by atoms with Crippen molar-refractivity contribution in [2.45, 2.75) is 38.3 Å². The average Bonchev–Trinajstić information content (AvgIpc) is 2.72. The summed E-state index contributed by atoms with van der Waals surface area (Å²) in [7, 11) is 1.55. The maximum atomic E-state index is 14.4. The third kappa shape index (κ3) is 5.67. The molecule has 1 aliphatic carbocycles. The first-order valence-electron chi connectivity index (χ1n) is 9.75. The smallest absolute Gasteiger partial charge is 0.251 e. The summed E-state index contributed by atoms with van der Waals surface area (Å²) in [6.45, 7) is 0.470. The summed E-state index contributed by atoms with van der Waals surface area (Å²) < 4.78 is 39.1. The van der Waals surface area contributed by atoms with Gasteiger partial charge >= 0.3 is 0 Å². The zero-order valence-electron chi connectivity index (χ0n) is 16.4. The van der Waals surface area contributed by atoms with Crippen molar-refractivity contribution in [1.29, 1.82) is 0 Å². The molecule has 0 atom stereocenters. The lowest BCUT2D eigenvalue weighted by molar-refractivity contribution is 0.0942. The molecule has 2 aromatic rings. The van der Waals surface area contributed by atoms with E-state index in [1.807, 2.05) is 0 Å². The fourth-order valence-electron chi connectivity index (χ4n) is 3.44. The normalized spacial score (nSPS) is 18.9. The second-order valence-corrected chi connectivity index (χ2v) is 7.40. The Bertz CT molecular complexity index is 811. The summed E-state index contributed by atoms with van der Waals surface area (Å²) in [5, 5.41) is 2.76. The van der Waals surface area contributed by atoms with Gasteiger partial charge in [-0.1, -0.05) is 12.1 Å². The van der Waals surface area contributed by atoms with E-state index in [2.05, 4.69) is 5.32 Å². The predicted molar refractivity (Wildman–Crippen MR) is 106 cm³/mol. The van der Waals surface area contributed by atoms with Crippen LogP contribution in [0, 0.1) is 17.6 Å². The zero-order chi connectivity index (χ0) is 20.8. The highest BCUT2D eigenvalue weighted by molar-refractivity contribution is 5.94. The first-order valence-corrected chi connectivity index (χ1v) is 9.75. The van der Waals surface area contributed by atoms with Crippen molar-refractivity contribution in [3.63, 3.8) is 0 Å². The molecule has 0 bridgehead atoms. The van der Waals surface area contributed by atoms with E-state index in [1.165, 1.54) is 0 Å². The van der Waals surface area contributed by atoms with Gasteiger partial charge in [0.1, 0.15) is 12.4 Å². The van der Waals surface area contributed by atoms with Crippen LogP contribution in [0.5, 0.6) is 11.5 Å². The number of amides is 1. The molecule has 0 radical (unpaired) electrons. The van der Waals surface area contributed by atoms with E-state index in [4.69, 9.17) is 15.2 Å². The second-order valence-electron chi connectivity index (χ2n) is 7.40. The number of nitrogens with one attached hydrogen (secondary N) is 1. The second kappa shape index (κ2) is 9.69. The summed E-state index contributed by atoms with van der Waals surface area (Å²) in [6.07, 6.45) is 3.76. The van der Waals surface area contributed by atoms with E-state index in [9.17, 15) is 13.6 Å². The number of hydrogen-bond donors (Lipinski definition) is 2.